The van der Waals surface area contributed by atoms with Crippen LogP contribution in [0.4, 0.5) is 0 Å². The van der Waals surface area contributed by atoms with E-state index in [-0.39, 0.29) is 5.75 Å². The van der Waals surface area contributed by atoms with Crippen molar-refractivity contribution in [3.63, 3.8) is 0 Å². The third-order valence-electron chi connectivity index (χ3n) is 2.42. The summed E-state index contributed by atoms with van der Waals surface area (Å²) in [5.74, 6) is 0.226. The Labute approximate surface area is 112 Å². The second-order valence-corrected chi connectivity index (χ2v) is 6.79. The van der Waals surface area contributed by atoms with Crippen LogP contribution in [0.2, 0.25) is 0 Å². The van der Waals surface area contributed by atoms with Crippen molar-refractivity contribution in [2.45, 2.75) is 26.2 Å². The van der Waals surface area contributed by atoms with Crippen LogP contribution >= 0.6 is 15.9 Å². The van der Waals surface area contributed by atoms with Crippen molar-refractivity contribution in [1.29, 1.82) is 0 Å². The Morgan fingerprint density at radius 3 is 2.47 bits per heavy atom. The number of hydrogen-bond donors (Lipinski definition) is 1. The fourth-order valence-electron chi connectivity index (χ4n) is 1.41. The van der Waals surface area contributed by atoms with E-state index in [4.69, 9.17) is 0 Å². The summed E-state index contributed by atoms with van der Waals surface area (Å²) in [6.07, 6.45) is 2.33. The molecule has 0 spiro atoms. The van der Waals surface area contributed by atoms with Gasteiger partial charge in [-0.3, -0.25) is 0 Å². The lowest BCUT2D eigenvalue weighted by atomic mass is 10.2. The Hall–Kier alpha value is -0.390. The summed E-state index contributed by atoms with van der Waals surface area (Å²) >= 11 is 3.36. The van der Waals surface area contributed by atoms with Crippen molar-refractivity contribution < 1.29 is 8.42 Å². The van der Waals surface area contributed by atoms with Gasteiger partial charge in [0.25, 0.3) is 0 Å². The maximum absolute atomic E-state index is 11.5. The van der Waals surface area contributed by atoms with Gasteiger partial charge in [-0.05, 0) is 30.5 Å². The van der Waals surface area contributed by atoms with Crippen molar-refractivity contribution >= 4 is 26.0 Å². The van der Waals surface area contributed by atoms with Crippen molar-refractivity contribution in [2.24, 2.45) is 0 Å². The molecule has 0 unspecified atom stereocenters. The normalized spacial score (nSPS) is 11.6. The van der Waals surface area contributed by atoms with E-state index in [9.17, 15) is 8.42 Å². The molecule has 0 saturated carbocycles. The second kappa shape index (κ2) is 7.13. The molecule has 0 bridgehead atoms. The van der Waals surface area contributed by atoms with E-state index in [1.165, 1.54) is 0 Å². The van der Waals surface area contributed by atoms with Crippen LogP contribution in [0.5, 0.6) is 0 Å². The fourth-order valence-corrected chi connectivity index (χ4v) is 2.90. The van der Waals surface area contributed by atoms with E-state index in [2.05, 4.69) is 20.7 Å². The fraction of sp³-hybridized carbons (Fsp3) is 0.500. The molecule has 0 aliphatic rings. The average Bonchev–Trinajstić information content (AvgIpc) is 2.29. The Morgan fingerprint density at radius 2 is 1.88 bits per heavy atom. The summed E-state index contributed by atoms with van der Waals surface area (Å²) < 4.78 is 26.7. The molecule has 0 amide bonds. The second-order valence-electron chi connectivity index (χ2n) is 3.94. The Morgan fingerprint density at radius 1 is 1.24 bits per heavy atom. The highest BCUT2D eigenvalue weighted by Crippen LogP contribution is 2.10. The highest BCUT2D eigenvalue weighted by Gasteiger charge is 2.07. The first-order chi connectivity index (χ1) is 8.03. The van der Waals surface area contributed by atoms with Crippen LogP contribution in [-0.4, -0.2) is 20.7 Å². The Bertz CT molecular complexity index is 428. The van der Waals surface area contributed by atoms with Crippen molar-refractivity contribution in [2.75, 3.05) is 12.3 Å². The van der Waals surface area contributed by atoms with Gasteiger partial charge in [-0.25, -0.2) is 13.1 Å². The molecule has 0 aromatic heterocycles. The van der Waals surface area contributed by atoms with Crippen molar-refractivity contribution in [3.8, 4) is 0 Å². The predicted molar refractivity (Wildman–Crippen MR) is 74.5 cm³/mol. The summed E-state index contributed by atoms with van der Waals surface area (Å²) in [4.78, 5) is 0. The summed E-state index contributed by atoms with van der Waals surface area (Å²) in [6, 6.07) is 7.90. The molecule has 0 atom stereocenters. The highest BCUT2D eigenvalue weighted by atomic mass is 79.9. The van der Waals surface area contributed by atoms with E-state index in [0.29, 0.717) is 13.0 Å². The molecule has 1 rings (SSSR count). The van der Waals surface area contributed by atoms with Gasteiger partial charge in [0.1, 0.15) is 0 Å². The van der Waals surface area contributed by atoms with E-state index in [0.717, 1.165) is 22.9 Å². The van der Waals surface area contributed by atoms with E-state index < -0.39 is 10.0 Å². The maximum atomic E-state index is 11.5. The molecule has 1 N–H and O–H groups in total. The van der Waals surface area contributed by atoms with Crippen LogP contribution in [-0.2, 0) is 16.4 Å². The predicted octanol–water partition coefficient (Wildman–Crippen LogP) is 2.71. The van der Waals surface area contributed by atoms with Gasteiger partial charge in [0.15, 0.2) is 0 Å². The van der Waals surface area contributed by atoms with E-state index in [1.54, 1.807) is 0 Å². The standard InChI is InChI=1S/C12H18BrNO2S/c1-2-3-10-17(15,16)14-9-8-11-4-6-12(13)7-5-11/h4-7,14H,2-3,8-10H2,1H3. The molecule has 0 saturated heterocycles. The third-order valence-corrected chi connectivity index (χ3v) is 4.41. The van der Waals surface area contributed by atoms with Crippen LogP contribution in [0, 0.1) is 0 Å². The number of hydrogen-bond acceptors (Lipinski definition) is 2. The first kappa shape index (κ1) is 14.7. The maximum Gasteiger partial charge on any atom is 0.211 e. The molecule has 1 aromatic carbocycles. The molecule has 0 radical (unpaired) electrons. The number of rotatable bonds is 7. The van der Waals surface area contributed by atoms with Crippen molar-refractivity contribution in [1.82, 2.24) is 4.72 Å². The molecule has 5 heteroatoms. The van der Waals surface area contributed by atoms with Crippen LogP contribution in [0.15, 0.2) is 28.7 Å². The zero-order chi connectivity index (χ0) is 12.7. The van der Waals surface area contributed by atoms with Gasteiger partial charge >= 0.3 is 0 Å². The summed E-state index contributed by atoms with van der Waals surface area (Å²) in [7, 11) is -3.08. The molecule has 0 heterocycles. The minimum atomic E-state index is -3.08. The van der Waals surface area contributed by atoms with Gasteiger partial charge in [0, 0.05) is 11.0 Å². The van der Waals surface area contributed by atoms with Gasteiger partial charge < -0.3 is 0 Å². The monoisotopic (exact) mass is 319 g/mol. The number of sulfonamides is 1. The molecule has 0 aliphatic heterocycles. The molecular weight excluding hydrogens is 302 g/mol. The smallest absolute Gasteiger partial charge is 0.211 e. The van der Waals surface area contributed by atoms with E-state index >= 15 is 0 Å². The van der Waals surface area contributed by atoms with Gasteiger partial charge in [-0.1, -0.05) is 41.4 Å². The number of unbranched alkanes of at least 4 members (excludes halogenated alkanes) is 1. The largest absolute Gasteiger partial charge is 0.215 e. The van der Waals surface area contributed by atoms with Crippen LogP contribution < -0.4 is 4.72 Å². The van der Waals surface area contributed by atoms with Gasteiger partial charge in [0.2, 0.25) is 10.0 Å². The summed E-state index contributed by atoms with van der Waals surface area (Å²) in [5, 5.41) is 0. The quantitative estimate of drug-likeness (QED) is 0.840. The van der Waals surface area contributed by atoms with Gasteiger partial charge in [0.05, 0.1) is 5.75 Å². The number of nitrogens with one attached hydrogen (secondary N) is 1. The van der Waals surface area contributed by atoms with Crippen LogP contribution in [0.1, 0.15) is 25.3 Å². The lowest BCUT2D eigenvalue weighted by Gasteiger charge is -2.06. The summed E-state index contributed by atoms with van der Waals surface area (Å²) in [5.41, 5.74) is 1.13. The minimum Gasteiger partial charge on any atom is -0.215 e. The molecule has 0 fully saturated rings. The lowest BCUT2D eigenvalue weighted by molar-refractivity contribution is 0.578. The SMILES string of the molecule is CCCCS(=O)(=O)NCCc1ccc(Br)cc1. The first-order valence-corrected chi connectivity index (χ1v) is 8.20. The molecule has 0 aliphatic carbocycles. The summed E-state index contributed by atoms with van der Waals surface area (Å²) in [6.45, 7) is 2.45. The first-order valence-electron chi connectivity index (χ1n) is 5.75. The minimum absolute atomic E-state index is 0.226. The van der Waals surface area contributed by atoms with Crippen LogP contribution in [0.25, 0.3) is 0 Å². The topological polar surface area (TPSA) is 46.2 Å². The van der Waals surface area contributed by atoms with Gasteiger partial charge in [-0.15, -0.1) is 0 Å². The molecular formula is C12H18BrNO2S. The molecule has 1 aromatic rings. The molecule has 17 heavy (non-hydrogen) atoms. The third kappa shape index (κ3) is 6.19. The zero-order valence-corrected chi connectivity index (χ0v) is 12.4. The number of halogens is 1. The Kier molecular flexibility index (Phi) is 6.16. The zero-order valence-electron chi connectivity index (χ0n) is 9.95. The highest BCUT2D eigenvalue weighted by molar-refractivity contribution is 9.10. The van der Waals surface area contributed by atoms with Gasteiger partial charge in [-0.2, -0.15) is 0 Å². The lowest BCUT2D eigenvalue weighted by Crippen LogP contribution is -2.28. The molecule has 96 valence electrons. The number of benzene rings is 1. The average molecular weight is 320 g/mol. The molecule has 3 nitrogen and oxygen atoms in total. The van der Waals surface area contributed by atoms with Crippen molar-refractivity contribution in [3.05, 3.63) is 34.3 Å². The van der Waals surface area contributed by atoms with Crippen LogP contribution in [0.3, 0.4) is 0 Å². The Balaban J connectivity index is 2.34. The van der Waals surface area contributed by atoms with E-state index in [1.807, 2.05) is 31.2 Å².